The lowest BCUT2D eigenvalue weighted by Crippen LogP contribution is -2.21. The van der Waals surface area contributed by atoms with Gasteiger partial charge < -0.3 is 5.73 Å². The van der Waals surface area contributed by atoms with Crippen molar-refractivity contribution in [1.82, 2.24) is 9.55 Å². The highest BCUT2D eigenvalue weighted by molar-refractivity contribution is 5.37. The molecule has 0 radical (unpaired) electrons. The predicted octanol–water partition coefficient (Wildman–Crippen LogP) is 3.73. The van der Waals surface area contributed by atoms with E-state index in [1.165, 1.54) is 26.8 Å². The van der Waals surface area contributed by atoms with Crippen molar-refractivity contribution >= 4 is 5.95 Å². The standard InChI is InChI=1S/C23H25N3O/c1-15-6-3-4-8-17(15)11-10-16-7-5-9-18(12-16)19-13-20(19)21-14-22(27)26(2)23(24)25-21/h3-9,12,14,19-20H,10-11,13H2,1-2H3,(H2,24,25)/t19-,20-/m0/s1. The highest BCUT2D eigenvalue weighted by Gasteiger charge is 2.41. The minimum absolute atomic E-state index is 0.0878. The van der Waals surface area contributed by atoms with Gasteiger partial charge in [-0.15, -0.1) is 0 Å². The Balaban J connectivity index is 1.48. The molecule has 2 atom stereocenters. The molecule has 2 N–H and O–H groups in total. The van der Waals surface area contributed by atoms with E-state index in [-0.39, 0.29) is 11.5 Å². The first-order valence-corrected chi connectivity index (χ1v) is 9.49. The summed E-state index contributed by atoms with van der Waals surface area (Å²) in [6.45, 7) is 2.17. The molecule has 0 saturated heterocycles. The van der Waals surface area contributed by atoms with Crippen molar-refractivity contribution in [2.75, 3.05) is 5.73 Å². The molecule has 138 valence electrons. The Morgan fingerprint density at radius 1 is 1.07 bits per heavy atom. The molecule has 1 aliphatic rings. The summed E-state index contributed by atoms with van der Waals surface area (Å²) in [5.74, 6) is 1.02. The highest BCUT2D eigenvalue weighted by atomic mass is 16.1. The van der Waals surface area contributed by atoms with Gasteiger partial charge in [-0.1, -0.05) is 48.5 Å². The minimum Gasteiger partial charge on any atom is -0.369 e. The molecule has 4 heteroatoms. The Labute approximate surface area is 159 Å². The van der Waals surface area contributed by atoms with Crippen LogP contribution in [0.3, 0.4) is 0 Å². The first-order chi connectivity index (χ1) is 13.0. The third-order valence-electron chi connectivity index (χ3n) is 5.68. The number of aryl methyl sites for hydroxylation is 3. The maximum absolute atomic E-state index is 12.0. The zero-order valence-electron chi connectivity index (χ0n) is 15.9. The molecule has 1 aliphatic carbocycles. The Kier molecular flexibility index (Phi) is 4.56. The van der Waals surface area contributed by atoms with Crippen LogP contribution in [0.15, 0.2) is 59.4 Å². The number of nitrogens with two attached hydrogens (primary N) is 1. The molecule has 4 rings (SSSR count). The van der Waals surface area contributed by atoms with Gasteiger partial charge in [0.1, 0.15) is 0 Å². The summed E-state index contributed by atoms with van der Waals surface area (Å²) >= 11 is 0. The molecule has 0 bridgehead atoms. The number of anilines is 1. The third kappa shape index (κ3) is 3.65. The Hall–Kier alpha value is -2.88. The summed E-state index contributed by atoms with van der Waals surface area (Å²) < 4.78 is 1.38. The van der Waals surface area contributed by atoms with Gasteiger partial charge in [-0.25, -0.2) is 4.98 Å². The van der Waals surface area contributed by atoms with Gasteiger partial charge in [0.2, 0.25) is 5.95 Å². The number of nitrogens with zero attached hydrogens (tertiary/aromatic N) is 2. The van der Waals surface area contributed by atoms with Crippen molar-refractivity contribution in [2.24, 2.45) is 7.05 Å². The second kappa shape index (κ2) is 7.03. The zero-order chi connectivity index (χ0) is 19.0. The fraction of sp³-hybridized carbons (Fsp3) is 0.304. The summed E-state index contributed by atoms with van der Waals surface area (Å²) in [4.78, 5) is 16.4. The molecule has 0 amide bonds. The second-order valence-corrected chi connectivity index (χ2v) is 7.56. The molecule has 3 aromatic rings. The Bertz CT molecular complexity index is 1040. The largest absolute Gasteiger partial charge is 0.369 e. The van der Waals surface area contributed by atoms with Gasteiger partial charge in [-0.05, 0) is 54.4 Å². The highest BCUT2D eigenvalue weighted by Crippen LogP contribution is 2.54. The lowest BCUT2D eigenvalue weighted by molar-refractivity contribution is 0.813. The van der Waals surface area contributed by atoms with Crippen LogP contribution >= 0.6 is 0 Å². The van der Waals surface area contributed by atoms with Gasteiger partial charge in [0, 0.05) is 19.0 Å². The second-order valence-electron chi connectivity index (χ2n) is 7.56. The van der Waals surface area contributed by atoms with E-state index in [1.807, 2.05) is 0 Å². The monoisotopic (exact) mass is 359 g/mol. The molecule has 2 aromatic carbocycles. The lowest BCUT2D eigenvalue weighted by atomic mass is 9.98. The minimum atomic E-state index is -0.0878. The SMILES string of the molecule is Cc1ccccc1CCc1cccc([C@@H]2C[C@@H]2c2cc(=O)n(C)c(N)n2)c1. The maximum atomic E-state index is 12.0. The quantitative estimate of drug-likeness (QED) is 0.755. The first-order valence-electron chi connectivity index (χ1n) is 9.49. The van der Waals surface area contributed by atoms with E-state index in [2.05, 4.69) is 60.4 Å². The average Bonchev–Trinajstić information content (AvgIpc) is 3.46. The Morgan fingerprint density at radius 2 is 1.89 bits per heavy atom. The van der Waals surface area contributed by atoms with Crippen LogP contribution in [0.5, 0.6) is 0 Å². The summed E-state index contributed by atoms with van der Waals surface area (Å²) in [7, 11) is 1.65. The topological polar surface area (TPSA) is 60.9 Å². The van der Waals surface area contributed by atoms with Crippen molar-refractivity contribution in [3.8, 4) is 0 Å². The van der Waals surface area contributed by atoms with Crippen LogP contribution in [0.25, 0.3) is 0 Å². The van der Waals surface area contributed by atoms with Crippen molar-refractivity contribution in [3.05, 3.63) is 92.9 Å². The number of hydrogen-bond acceptors (Lipinski definition) is 3. The predicted molar refractivity (Wildman–Crippen MR) is 109 cm³/mol. The van der Waals surface area contributed by atoms with Gasteiger partial charge in [0.05, 0.1) is 5.69 Å². The van der Waals surface area contributed by atoms with E-state index < -0.39 is 0 Å². The molecule has 1 fully saturated rings. The zero-order valence-corrected chi connectivity index (χ0v) is 15.9. The van der Waals surface area contributed by atoms with Crippen molar-refractivity contribution in [3.63, 3.8) is 0 Å². The van der Waals surface area contributed by atoms with Gasteiger partial charge in [0.25, 0.3) is 5.56 Å². The van der Waals surface area contributed by atoms with Crippen LogP contribution in [0.2, 0.25) is 0 Å². The number of rotatable bonds is 5. The van der Waals surface area contributed by atoms with Crippen LogP contribution in [0.4, 0.5) is 5.95 Å². The van der Waals surface area contributed by atoms with Crippen LogP contribution in [0.1, 0.15) is 46.2 Å². The van der Waals surface area contributed by atoms with E-state index >= 15 is 0 Å². The van der Waals surface area contributed by atoms with E-state index in [1.54, 1.807) is 13.1 Å². The summed E-state index contributed by atoms with van der Waals surface area (Å²) in [5.41, 5.74) is 12.0. The number of hydrogen-bond donors (Lipinski definition) is 1. The molecular formula is C23H25N3O. The van der Waals surface area contributed by atoms with Crippen LogP contribution in [-0.2, 0) is 19.9 Å². The van der Waals surface area contributed by atoms with Gasteiger partial charge in [-0.3, -0.25) is 9.36 Å². The normalized spacial score (nSPS) is 18.4. The van der Waals surface area contributed by atoms with E-state index in [0.717, 1.165) is 25.0 Å². The summed E-state index contributed by atoms with van der Waals surface area (Å²) in [6.07, 6.45) is 3.12. The smallest absolute Gasteiger partial charge is 0.254 e. The van der Waals surface area contributed by atoms with Crippen LogP contribution in [-0.4, -0.2) is 9.55 Å². The molecule has 1 saturated carbocycles. The fourth-order valence-electron chi connectivity index (χ4n) is 3.80. The van der Waals surface area contributed by atoms with Gasteiger partial charge in [0.15, 0.2) is 0 Å². The van der Waals surface area contributed by atoms with Gasteiger partial charge in [-0.2, -0.15) is 0 Å². The average molecular weight is 359 g/mol. The fourth-order valence-corrected chi connectivity index (χ4v) is 3.80. The maximum Gasteiger partial charge on any atom is 0.254 e. The Morgan fingerprint density at radius 3 is 2.67 bits per heavy atom. The number of aromatic nitrogens is 2. The number of benzene rings is 2. The molecule has 1 heterocycles. The van der Waals surface area contributed by atoms with Gasteiger partial charge >= 0.3 is 0 Å². The number of nitrogen functional groups attached to an aromatic ring is 1. The van der Waals surface area contributed by atoms with Crippen molar-refractivity contribution in [1.29, 1.82) is 0 Å². The van der Waals surface area contributed by atoms with Crippen LogP contribution in [0, 0.1) is 6.92 Å². The third-order valence-corrected chi connectivity index (χ3v) is 5.68. The molecule has 4 nitrogen and oxygen atoms in total. The molecule has 0 aliphatic heterocycles. The molecular weight excluding hydrogens is 334 g/mol. The molecule has 1 aromatic heterocycles. The van der Waals surface area contributed by atoms with E-state index in [0.29, 0.717) is 11.8 Å². The van der Waals surface area contributed by atoms with Crippen molar-refractivity contribution in [2.45, 2.75) is 38.0 Å². The molecule has 27 heavy (non-hydrogen) atoms. The summed E-state index contributed by atoms with van der Waals surface area (Å²) in [5, 5.41) is 0. The van der Waals surface area contributed by atoms with E-state index in [9.17, 15) is 4.79 Å². The summed E-state index contributed by atoms with van der Waals surface area (Å²) in [6, 6.07) is 19.0. The molecule has 0 spiro atoms. The van der Waals surface area contributed by atoms with Crippen LogP contribution < -0.4 is 11.3 Å². The van der Waals surface area contributed by atoms with E-state index in [4.69, 9.17) is 5.73 Å². The first kappa shape index (κ1) is 17.5. The van der Waals surface area contributed by atoms with Crippen molar-refractivity contribution < 1.29 is 0 Å². The lowest BCUT2D eigenvalue weighted by Gasteiger charge is -2.08. The molecule has 0 unspecified atom stereocenters.